The number of carbonyl (C=O) groups excluding carboxylic acids is 1. The van der Waals surface area contributed by atoms with Crippen molar-refractivity contribution in [2.75, 3.05) is 10.6 Å². The van der Waals surface area contributed by atoms with Gasteiger partial charge >= 0.3 is 0 Å². The molecule has 0 unspecified atom stereocenters. The molecular formula is C19H15ClFN3O. The maximum Gasteiger partial charge on any atom is 0.258 e. The smallest absolute Gasteiger partial charge is 0.258 e. The summed E-state index contributed by atoms with van der Waals surface area (Å²) in [7, 11) is 0. The number of rotatable bonds is 4. The lowest BCUT2D eigenvalue weighted by Crippen LogP contribution is -2.14. The molecule has 0 saturated carbocycles. The summed E-state index contributed by atoms with van der Waals surface area (Å²) in [6.07, 6.45) is 1.45. The molecule has 1 heterocycles. The molecule has 0 radical (unpaired) electrons. The number of halogens is 2. The van der Waals surface area contributed by atoms with Gasteiger partial charge in [0.1, 0.15) is 11.6 Å². The van der Waals surface area contributed by atoms with Gasteiger partial charge in [0, 0.05) is 6.20 Å². The highest BCUT2D eigenvalue weighted by Crippen LogP contribution is 2.24. The number of nitrogens with one attached hydrogen (secondary N) is 2. The number of hydrogen-bond acceptors (Lipinski definition) is 3. The van der Waals surface area contributed by atoms with Crippen LogP contribution in [0.15, 0.2) is 60.8 Å². The van der Waals surface area contributed by atoms with Crippen LogP contribution in [0.5, 0.6) is 0 Å². The van der Waals surface area contributed by atoms with Gasteiger partial charge in [-0.05, 0) is 48.9 Å². The maximum absolute atomic E-state index is 14.1. The van der Waals surface area contributed by atoms with Gasteiger partial charge in [-0.25, -0.2) is 9.37 Å². The number of amides is 1. The van der Waals surface area contributed by atoms with Gasteiger partial charge in [-0.15, -0.1) is 0 Å². The summed E-state index contributed by atoms with van der Waals surface area (Å²) in [6, 6.07) is 15.0. The molecule has 1 aromatic heterocycles. The number of benzene rings is 2. The lowest BCUT2D eigenvalue weighted by Gasteiger charge is -2.13. The fraction of sp³-hybridized carbons (Fsp3) is 0.0526. The zero-order valence-corrected chi connectivity index (χ0v) is 14.1. The van der Waals surface area contributed by atoms with Crippen molar-refractivity contribution in [3.8, 4) is 0 Å². The van der Waals surface area contributed by atoms with Crippen molar-refractivity contribution in [1.82, 2.24) is 4.98 Å². The third-order valence-corrected chi connectivity index (χ3v) is 3.76. The fourth-order valence-corrected chi connectivity index (χ4v) is 2.40. The quantitative estimate of drug-likeness (QED) is 0.678. The molecule has 0 aliphatic carbocycles. The topological polar surface area (TPSA) is 54.0 Å². The Kier molecular flexibility index (Phi) is 4.95. The van der Waals surface area contributed by atoms with E-state index in [0.717, 1.165) is 5.56 Å². The molecular weight excluding hydrogens is 341 g/mol. The van der Waals surface area contributed by atoms with E-state index in [1.807, 2.05) is 6.92 Å². The third kappa shape index (κ3) is 4.14. The molecule has 1 amide bonds. The predicted octanol–water partition coefficient (Wildman–Crippen LogP) is 5.18. The molecule has 0 bridgehead atoms. The number of nitrogens with zero attached hydrogens (tertiary/aromatic N) is 1. The Morgan fingerprint density at radius 3 is 2.60 bits per heavy atom. The fourth-order valence-electron chi connectivity index (χ4n) is 2.29. The minimum atomic E-state index is -0.380. The molecule has 0 fully saturated rings. The molecule has 3 rings (SSSR count). The lowest BCUT2D eigenvalue weighted by atomic mass is 10.1. The molecule has 4 nitrogen and oxygen atoms in total. The van der Waals surface area contributed by atoms with E-state index in [-0.39, 0.29) is 11.7 Å². The van der Waals surface area contributed by atoms with Gasteiger partial charge in [-0.2, -0.15) is 0 Å². The average Bonchev–Trinajstić information content (AvgIpc) is 2.60. The van der Waals surface area contributed by atoms with E-state index in [0.29, 0.717) is 27.8 Å². The summed E-state index contributed by atoms with van der Waals surface area (Å²) >= 11 is 5.79. The second-order valence-corrected chi connectivity index (χ2v) is 5.91. The van der Waals surface area contributed by atoms with Crippen molar-refractivity contribution in [2.24, 2.45) is 0 Å². The molecule has 6 heteroatoms. The van der Waals surface area contributed by atoms with Crippen molar-refractivity contribution >= 4 is 34.7 Å². The van der Waals surface area contributed by atoms with E-state index < -0.39 is 0 Å². The van der Waals surface area contributed by atoms with Crippen LogP contribution in [0.4, 0.5) is 21.6 Å². The van der Waals surface area contributed by atoms with Crippen LogP contribution in [0.25, 0.3) is 0 Å². The Morgan fingerprint density at radius 1 is 1.08 bits per heavy atom. The van der Waals surface area contributed by atoms with Crippen molar-refractivity contribution in [2.45, 2.75) is 6.92 Å². The van der Waals surface area contributed by atoms with E-state index in [1.54, 1.807) is 48.5 Å². The molecule has 0 aliphatic rings. The highest BCUT2D eigenvalue weighted by atomic mass is 35.5. The SMILES string of the molecule is Cc1ccc(Nc2ccccc2C(=O)Nc2ccc(Cl)cn2)c(F)c1. The van der Waals surface area contributed by atoms with Gasteiger partial charge in [0.15, 0.2) is 0 Å². The maximum atomic E-state index is 14.1. The van der Waals surface area contributed by atoms with E-state index in [1.165, 1.54) is 12.3 Å². The number of hydrogen-bond donors (Lipinski definition) is 2. The number of carbonyl (C=O) groups is 1. The van der Waals surface area contributed by atoms with Crippen LogP contribution in [0.2, 0.25) is 5.02 Å². The number of aryl methyl sites for hydroxylation is 1. The van der Waals surface area contributed by atoms with E-state index in [9.17, 15) is 9.18 Å². The first-order valence-corrected chi connectivity index (χ1v) is 7.96. The van der Waals surface area contributed by atoms with Gasteiger partial charge in [-0.3, -0.25) is 4.79 Å². The normalized spacial score (nSPS) is 10.4. The van der Waals surface area contributed by atoms with Gasteiger partial charge < -0.3 is 10.6 Å². The van der Waals surface area contributed by atoms with Crippen LogP contribution in [-0.2, 0) is 0 Å². The molecule has 3 aromatic rings. The summed E-state index contributed by atoms with van der Waals surface area (Å²) in [5.74, 6) is -0.356. The Bertz CT molecular complexity index is 913. The second kappa shape index (κ2) is 7.32. The lowest BCUT2D eigenvalue weighted by molar-refractivity contribution is 0.102. The minimum absolute atomic E-state index is 0.301. The Balaban J connectivity index is 1.85. The number of para-hydroxylation sites is 1. The summed E-state index contributed by atoms with van der Waals surface area (Å²) in [5.41, 5.74) is 1.99. The highest BCUT2D eigenvalue weighted by molar-refractivity contribution is 6.30. The van der Waals surface area contributed by atoms with Crippen LogP contribution >= 0.6 is 11.6 Å². The van der Waals surface area contributed by atoms with E-state index in [4.69, 9.17) is 11.6 Å². The molecule has 126 valence electrons. The summed E-state index contributed by atoms with van der Waals surface area (Å²) < 4.78 is 14.1. The van der Waals surface area contributed by atoms with Crippen LogP contribution in [0.3, 0.4) is 0 Å². The van der Waals surface area contributed by atoms with Crippen LogP contribution in [0.1, 0.15) is 15.9 Å². The average molecular weight is 356 g/mol. The van der Waals surface area contributed by atoms with E-state index >= 15 is 0 Å². The molecule has 0 spiro atoms. The highest BCUT2D eigenvalue weighted by Gasteiger charge is 2.13. The summed E-state index contributed by atoms with van der Waals surface area (Å²) in [4.78, 5) is 16.6. The van der Waals surface area contributed by atoms with Gasteiger partial charge in [-0.1, -0.05) is 29.8 Å². The molecule has 0 aliphatic heterocycles. The molecule has 2 N–H and O–H groups in total. The third-order valence-electron chi connectivity index (χ3n) is 3.53. The van der Waals surface area contributed by atoms with Crippen LogP contribution in [0, 0.1) is 12.7 Å². The molecule has 2 aromatic carbocycles. The van der Waals surface area contributed by atoms with Gasteiger partial charge in [0.25, 0.3) is 5.91 Å². The molecule has 0 atom stereocenters. The zero-order chi connectivity index (χ0) is 17.8. The molecule has 25 heavy (non-hydrogen) atoms. The number of anilines is 3. The van der Waals surface area contributed by atoms with Crippen molar-refractivity contribution < 1.29 is 9.18 Å². The first-order valence-electron chi connectivity index (χ1n) is 7.58. The van der Waals surface area contributed by atoms with Crippen molar-refractivity contribution in [1.29, 1.82) is 0 Å². The zero-order valence-electron chi connectivity index (χ0n) is 13.4. The molecule has 0 saturated heterocycles. The Morgan fingerprint density at radius 2 is 1.88 bits per heavy atom. The van der Waals surface area contributed by atoms with Crippen LogP contribution < -0.4 is 10.6 Å². The number of pyridine rings is 1. The Labute approximate surface area is 149 Å². The van der Waals surface area contributed by atoms with Crippen molar-refractivity contribution in [3.05, 3.63) is 82.8 Å². The Hall–Kier alpha value is -2.92. The standard InChI is InChI=1S/C19H15ClFN3O/c1-12-6-8-17(15(21)10-12)23-16-5-3-2-4-14(16)19(25)24-18-9-7-13(20)11-22-18/h2-11,23H,1H3,(H,22,24,25). The second-order valence-electron chi connectivity index (χ2n) is 5.47. The monoisotopic (exact) mass is 355 g/mol. The number of aromatic nitrogens is 1. The minimum Gasteiger partial charge on any atom is -0.352 e. The largest absolute Gasteiger partial charge is 0.352 e. The predicted molar refractivity (Wildman–Crippen MR) is 98.1 cm³/mol. The van der Waals surface area contributed by atoms with Gasteiger partial charge in [0.2, 0.25) is 0 Å². The van der Waals surface area contributed by atoms with Crippen LogP contribution in [-0.4, -0.2) is 10.9 Å². The first kappa shape index (κ1) is 16.9. The summed E-state index contributed by atoms with van der Waals surface area (Å²) in [5, 5.41) is 6.14. The summed E-state index contributed by atoms with van der Waals surface area (Å²) in [6.45, 7) is 1.81. The van der Waals surface area contributed by atoms with E-state index in [2.05, 4.69) is 15.6 Å². The van der Waals surface area contributed by atoms with Crippen molar-refractivity contribution in [3.63, 3.8) is 0 Å². The van der Waals surface area contributed by atoms with Gasteiger partial charge in [0.05, 0.1) is 22.0 Å². The first-order chi connectivity index (χ1) is 12.0.